The molecule has 14 heavy (non-hydrogen) atoms. The van der Waals surface area contributed by atoms with Crippen molar-refractivity contribution in [3.8, 4) is 0 Å². The summed E-state index contributed by atoms with van der Waals surface area (Å²) in [5, 5.41) is 6.89. The second-order valence-electron chi connectivity index (χ2n) is 2.03. The van der Waals surface area contributed by atoms with Crippen LogP contribution in [0, 0.1) is 0 Å². The van der Waals surface area contributed by atoms with Crippen LogP contribution in [0.15, 0.2) is 60.7 Å². The quantitative estimate of drug-likeness (QED) is 0.430. The Balaban J connectivity index is 0. The zero-order valence-corrected chi connectivity index (χ0v) is 8.66. The van der Waals surface area contributed by atoms with Crippen LogP contribution in [0.5, 0.6) is 0 Å². The second-order valence-corrected chi connectivity index (χ2v) is 2.03. The summed E-state index contributed by atoms with van der Waals surface area (Å²) < 4.78 is 0. The minimum atomic E-state index is -0.250. The van der Waals surface area contributed by atoms with Gasteiger partial charge in [-0.05, 0) is 0 Å². The monoisotopic (exact) mass is 232 g/mol. The van der Waals surface area contributed by atoms with Crippen LogP contribution in [-0.4, -0.2) is 11.6 Å². The molecule has 0 amide bonds. The van der Waals surface area contributed by atoms with E-state index in [-0.39, 0.29) is 23.5 Å². The Morgan fingerprint density at radius 3 is 1.36 bits per heavy atom. The van der Waals surface area contributed by atoms with E-state index in [1.807, 2.05) is 60.7 Å². The summed E-state index contributed by atoms with van der Waals surface area (Å²) in [7, 11) is 0. The average molecular weight is 232 g/mol. The third-order valence-electron chi connectivity index (χ3n) is 1.11. The van der Waals surface area contributed by atoms with Crippen molar-refractivity contribution in [2.75, 3.05) is 0 Å². The fourth-order valence-corrected chi connectivity index (χ4v) is 0.642. The van der Waals surface area contributed by atoms with E-state index in [1.165, 1.54) is 0 Å². The van der Waals surface area contributed by atoms with E-state index in [0.717, 1.165) is 0 Å². The van der Waals surface area contributed by atoms with Crippen LogP contribution in [0.25, 0.3) is 0 Å². The first-order valence-electron chi connectivity index (χ1n) is 3.83. The maximum absolute atomic E-state index is 8.36. The zero-order chi connectivity index (χ0) is 9.78. The van der Waals surface area contributed by atoms with Gasteiger partial charge in [-0.25, -0.2) is 12.1 Å². The van der Waals surface area contributed by atoms with Gasteiger partial charge < -0.3 is 35.4 Å². The molecule has 0 aliphatic heterocycles. The Labute approximate surface area is 94.4 Å². The van der Waals surface area contributed by atoms with Gasteiger partial charge in [-0.1, -0.05) is 0 Å². The molecule has 0 radical (unpaired) electrons. The molecule has 0 unspecified atom stereocenters. The van der Waals surface area contributed by atoms with Crippen LogP contribution in [0.1, 0.15) is 0 Å². The maximum atomic E-state index is 8.36. The topological polar surface area (TPSA) is 37.3 Å². The Morgan fingerprint density at radius 1 is 0.929 bits per heavy atom. The van der Waals surface area contributed by atoms with Gasteiger partial charge in [-0.15, -0.1) is 0 Å². The van der Waals surface area contributed by atoms with E-state index < -0.39 is 0 Å². The van der Waals surface area contributed by atoms with Gasteiger partial charge in [0.1, 0.15) is 0 Å². The standard InChI is InChI=1S/2C5H5.CH2O2.Fe/c2*1-2-4-5-3-1;2-1-3;/h2*1-5H;1H,(H,2,3);/q-5;-1;;. The first-order chi connectivity index (χ1) is 6.41. The molecule has 0 saturated carbocycles. The summed E-state index contributed by atoms with van der Waals surface area (Å²) in [6.45, 7) is -0.250. The molecule has 2 aromatic carbocycles. The Morgan fingerprint density at radius 2 is 1.21 bits per heavy atom. The van der Waals surface area contributed by atoms with Crippen LogP contribution < -0.4 is 0 Å². The van der Waals surface area contributed by atoms with E-state index in [0.29, 0.717) is 0 Å². The van der Waals surface area contributed by atoms with E-state index in [4.69, 9.17) is 9.90 Å². The van der Waals surface area contributed by atoms with Crippen molar-refractivity contribution in [2.45, 2.75) is 0 Å². The van der Waals surface area contributed by atoms with E-state index in [1.54, 1.807) is 0 Å². The van der Waals surface area contributed by atoms with Gasteiger partial charge in [-0.3, -0.25) is 4.79 Å². The first-order valence-corrected chi connectivity index (χ1v) is 3.83. The normalized spacial score (nSPS) is 6.57. The van der Waals surface area contributed by atoms with Gasteiger partial charge in [-0.2, -0.15) is 18.2 Å². The largest absolute Gasteiger partial charge is 0.748 e. The Kier molecular flexibility index (Phi) is 15.4. The summed E-state index contributed by atoms with van der Waals surface area (Å²) in [5.41, 5.74) is 0. The third-order valence-corrected chi connectivity index (χ3v) is 1.11. The van der Waals surface area contributed by atoms with E-state index in [9.17, 15) is 0 Å². The van der Waals surface area contributed by atoms with Crippen LogP contribution >= 0.6 is 0 Å². The number of carboxylic acid groups (broad SMARTS) is 1. The number of hydrogen-bond donors (Lipinski definition) is 1. The molecule has 2 rings (SSSR count). The molecule has 3 heteroatoms. The number of carbonyl (C=O) groups is 1. The molecule has 2 nitrogen and oxygen atoms in total. The molecule has 0 aromatic heterocycles. The van der Waals surface area contributed by atoms with Crippen molar-refractivity contribution in [3.63, 3.8) is 0 Å². The van der Waals surface area contributed by atoms with E-state index in [2.05, 4.69) is 0 Å². The predicted molar refractivity (Wildman–Crippen MR) is 52.8 cm³/mol. The van der Waals surface area contributed by atoms with E-state index >= 15 is 0 Å². The number of rotatable bonds is 0. The van der Waals surface area contributed by atoms with Crippen LogP contribution in [0.4, 0.5) is 0 Å². The predicted octanol–water partition coefficient (Wildman–Crippen LogP) is 2.51. The van der Waals surface area contributed by atoms with Gasteiger partial charge in [0.15, 0.2) is 0 Å². The van der Waals surface area contributed by atoms with Crippen molar-refractivity contribution in [3.05, 3.63) is 60.7 Å². The molecular weight excluding hydrogens is 220 g/mol. The molecule has 82 valence electrons. The average Bonchev–Trinajstić information content (AvgIpc) is 2.85. The van der Waals surface area contributed by atoms with Crippen molar-refractivity contribution in [1.82, 2.24) is 0 Å². The fraction of sp³-hybridized carbons (Fsp3) is 0. The van der Waals surface area contributed by atoms with Gasteiger partial charge in [0.25, 0.3) is 6.47 Å². The smallest absolute Gasteiger partial charge is 0.290 e. The molecule has 0 bridgehead atoms. The van der Waals surface area contributed by atoms with Gasteiger partial charge in [0, 0.05) is 17.1 Å². The molecule has 0 atom stereocenters. The molecule has 0 saturated heterocycles. The van der Waals surface area contributed by atoms with Crippen LogP contribution in [0.3, 0.4) is 0 Å². The SMILES string of the molecule is O=CO.[Fe].[cH-]1[cH-][cH-][cH-][cH-]1.c1cc[cH-]c1. The molecule has 2 aromatic rings. The van der Waals surface area contributed by atoms with Crippen molar-refractivity contribution >= 4 is 6.47 Å². The van der Waals surface area contributed by atoms with Crippen LogP contribution in [0.2, 0.25) is 0 Å². The maximum Gasteiger partial charge on any atom is 0.290 e. The zero-order valence-electron chi connectivity index (χ0n) is 7.56. The minimum absolute atomic E-state index is 0. The molecular formula is C11H12FeO2-6. The van der Waals surface area contributed by atoms with Crippen molar-refractivity contribution in [1.29, 1.82) is 0 Å². The van der Waals surface area contributed by atoms with Gasteiger partial charge in [0.05, 0.1) is 0 Å². The molecule has 1 N–H and O–H groups in total. The summed E-state index contributed by atoms with van der Waals surface area (Å²) in [5.74, 6) is 0. The summed E-state index contributed by atoms with van der Waals surface area (Å²) >= 11 is 0. The van der Waals surface area contributed by atoms with Crippen molar-refractivity contribution < 1.29 is 27.0 Å². The van der Waals surface area contributed by atoms with Crippen LogP contribution in [-0.2, 0) is 21.9 Å². The summed E-state index contributed by atoms with van der Waals surface area (Å²) in [6.07, 6.45) is 0. The minimum Gasteiger partial charge on any atom is -0.748 e. The number of hydrogen-bond acceptors (Lipinski definition) is 1. The second kappa shape index (κ2) is 14.2. The third kappa shape index (κ3) is 13.3. The fourth-order valence-electron chi connectivity index (χ4n) is 0.642. The van der Waals surface area contributed by atoms with Gasteiger partial charge >= 0.3 is 0 Å². The van der Waals surface area contributed by atoms with Crippen molar-refractivity contribution in [2.24, 2.45) is 0 Å². The molecule has 0 aliphatic rings. The first kappa shape index (κ1) is 15.2. The Hall–Kier alpha value is -1.31. The van der Waals surface area contributed by atoms with Gasteiger partial charge in [0.2, 0.25) is 0 Å². The Bertz CT molecular complexity index is 188. The summed E-state index contributed by atoms with van der Waals surface area (Å²) in [4.78, 5) is 8.36. The summed E-state index contributed by atoms with van der Waals surface area (Å²) in [6, 6.07) is 20.0. The molecule has 0 spiro atoms. The molecule has 0 heterocycles. The molecule has 0 aliphatic carbocycles. The molecule has 0 fully saturated rings.